The quantitative estimate of drug-likeness (QED) is 0.547. The molecule has 0 spiro atoms. The Kier molecular flexibility index (Phi) is 6.08. The number of nitrogens with two attached hydrogens (primary N) is 1. The maximum absolute atomic E-state index is 5.60. The molecule has 0 saturated heterocycles. The molecule has 0 fully saturated rings. The topological polar surface area (TPSA) is 47.3 Å². The van der Waals surface area contributed by atoms with E-state index in [0.717, 1.165) is 19.3 Å². The van der Waals surface area contributed by atoms with Gasteiger partial charge in [-0.2, -0.15) is 0 Å². The molecule has 0 radical (unpaired) electrons. The van der Waals surface area contributed by atoms with Crippen LogP contribution >= 0.6 is 0 Å². The lowest BCUT2D eigenvalue weighted by molar-refractivity contribution is 0.0609. The summed E-state index contributed by atoms with van der Waals surface area (Å²) in [5, 5.41) is 0. The number of nitrogens with one attached hydrogen (secondary N) is 1. The van der Waals surface area contributed by atoms with Crippen LogP contribution in [0, 0.1) is 0 Å². The van der Waals surface area contributed by atoms with Crippen molar-refractivity contribution in [1.82, 2.24) is 5.43 Å². The zero-order valence-corrected chi connectivity index (χ0v) is 10.1. The molecule has 1 aromatic rings. The molecular weight excluding hydrogens is 200 g/mol. The molecule has 0 heterocycles. The van der Waals surface area contributed by atoms with Gasteiger partial charge in [0.25, 0.3) is 0 Å². The molecule has 3 nitrogen and oxygen atoms in total. The maximum atomic E-state index is 5.60. The van der Waals surface area contributed by atoms with E-state index < -0.39 is 0 Å². The molecule has 2 atom stereocenters. The Labute approximate surface area is 98.0 Å². The number of rotatable bonds is 7. The van der Waals surface area contributed by atoms with Gasteiger partial charge in [-0.25, -0.2) is 0 Å². The molecule has 0 saturated carbocycles. The Balaban J connectivity index is 2.60. The van der Waals surface area contributed by atoms with Crippen LogP contribution in [-0.4, -0.2) is 19.3 Å². The molecule has 2 unspecified atom stereocenters. The second-order valence-corrected chi connectivity index (χ2v) is 4.03. The van der Waals surface area contributed by atoms with Gasteiger partial charge >= 0.3 is 0 Å². The van der Waals surface area contributed by atoms with E-state index in [1.165, 1.54) is 5.56 Å². The molecule has 0 aliphatic heterocycles. The van der Waals surface area contributed by atoms with E-state index in [4.69, 9.17) is 10.6 Å². The third-order valence-corrected chi connectivity index (χ3v) is 2.84. The molecule has 0 aliphatic rings. The third kappa shape index (κ3) is 3.93. The van der Waals surface area contributed by atoms with E-state index in [-0.39, 0.29) is 12.1 Å². The predicted octanol–water partition coefficient (Wildman–Crippen LogP) is 1.88. The van der Waals surface area contributed by atoms with Crippen molar-refractivity contribution in [2.45, 2.75) is 38.3 Å². The van der Waals surface area contributed by atoms with Crippen molar-refractivity contribution >= 4 is 0 Å². The lowest BCUT2D eigenvalue weighted by Crippen LogP contribution is -2.46. The van der Waals surface area contributed by atoms with Crippen molar-refractivity contribution in [3.8, 4) is 0 Å². The molecule has 3 N–H and O–H groups in total. The lowest BCUT2D eigenvalue weighted by Gasteiger charge is -2.25. The van der Waals surface area contributed by atoms with E-state index in [2.05, 4.69) is 24.5 Å². The van der Waals surface area contributed by atoms with Gasteiger partial charge < -0.3 is 4.74 Å². The summed E-state index contributed by atoms with van der Waals surface area (Å²) in [5.41, 5.74) is 4.14. The summed E-state index contributed by atoms with van der Waals surface area (Å²) >= 11 is 0. The van der Waals surface area contributed by atoms with Gasteiger partial charge in [-0.15, -0.1) is 0 Å². The first-order chi connectivity index (χ1) is 7.81. The lowest BCUT2D eigenvalue weighted by atomic mass is 9.99. The minimum atomic E-state index is 0.173. The average molecular weight is 222 g/mol. The highest BCUT2D eigenvalue weighted by Gasteiger charge is 2.19. The molecule has 1 aromatic carbocycles. The van der Waals surface area contributed by atoms with Gasteiger partial charge in [0, 0.05) is 7.11 Å². The Morgan fingerprint density at radius 3 is 2.50 bits per heavy atom. The fourth-order valence-electron chi connectivity index (χ4n) is 1.93. The van der Waals surface area contributed by atoms with E-state index in [1.807, 2.05) is 18.2 Å². The normalized spacial score (nSPS) is 14.7. The van der Waals surface area contributed by atoms with Gasteiger partial charge in [0.2, 0.25) is 0 Å². The minimum absolute atomic E-state index is 0.173. The first-order valence-corrected chi connectivity index (χ1v) is 5.84. The summed E-state index contributed by atoms with van der Waals surface area (Å²) in [4.78, 5) is 0. The molecule has 1 rings (SSSR count). The number of hydrogen-bond acceptors (Lipinski definition) is 3. The smallest absolute Gasteiger partial charge is 0.0740 e. The minimum Gasteiger partial charge on any atom is -0.380 e. The Morgan fingerprint density at radius 1 is 1.31 bits per heavy atom. The van der Waals surface area contributed by atoms with Crippen molar-refractivity contribution in [2.75, 3.05) is 7.11 Å². The molecule has 0 aliphatic carbocycles. The predicted molar refractivity (Wildman–Crippen MR) is 67.0 cm³/mol. The van der Waals surface area contributed by atoms with Gasteiger partial charge in [0.1, 0.15) is 0 Å². The molecule has 0 aromatic heterocycles. The summed E-state index contributed by atoms with van der Waals surface area (Å²) in [6.45, 7) is 2.15. The second kappa shape index (κ2) is 7.39. The van der Waals surface area contributed by atoms with E-state index in [9.17, 15) is 0 Å². The van der Waals surface area contributed by atoms with Crippen molar-refractivity contribution in [3.05, 3.63) is 35.9 Å². The molecule has 0 amide bonds. The van der Waals surface area contributed by atoms with Crippen molar-refractivity contribution in [3.63, 3.8) is 0 Å². The van der Waals surface area contributed by atoms with Crippen LogP contribution in [0.1, 0.15) is 25.3 Å². The summed E-state index contributed by atoms with van der Waals surface area (Å²) in [7, 11) is 1.75. The van der Waals surface area contributed by atoms with Gasteiger partial charge in [-0.05, 0) is 18.4 Å². The first-order valence-electron chi connectivity index (χ1n) is 5.84. The molecule has 0 bridgehead atoms. The summed E-state index contributed by atoms with van der Waals surface area (Å²) in [6.07, 6.45) is 3.20. The van der Waals surface area contributed by atoms with Crippen molar-refractivity contribution in [1.29, 1.82) is 0 Å². The molecule has 3 heteroatoms. The summed E-state index contributed by atoms with van der Waals surface area (Å²) in [5.74, 6) is 5.60. The van der Waals surface area contributed by atoms with Crippen molar-refractivity contribution < 1.29 is 4.74 Å². The van der Waals surface area contributed by atoms with Crippen LogP contribution in [0.25, 0.3) is 0 Å². The molecular formula is C13H22N2O. The fraction of sp³-hybridized carbons (Fsp3) is 0.538. The fourth-order valence-corrected chi connectivity index (χ4v) is 1.93. The average Bonchev–Trinajstić information content (AvgIpc) is 2.35. The molecule has 90 valence electrons. The van der Waals surface area contributed by atoms with E-state index in [1.54, 1.807) is 7.11 Å². The Bertz CT molecular complexity index is 277. The highest BCUT2D eigenvalue weighted by molar-refractivity contribution is 5.16. The van der Waals surface area contributed by atoms with Gasteiger partial charge in [0.15, 0.2) is 0 Å². The standard InChI is InChI=1S/C13H22N2O/c1-3-7-13(16-2)12(15-14)10-11-8-5-4-6-9-11/h4-6,8-9,12-13,15H,3,7,10,14H2,1-2H3. The zero-order chi connectivity index (χ0) is 11.8. The first kappa shape index (κ1) is 13.2. The number of hydrogen-bond donors (Lipinski definition) is 2. The van der Waals surface area contributed by atoms with Gasteiger partial charge in [-0.3, -0.25) is 11.3 Å². The van der Waals surface area contributed by atoms with Crippen molar-refractivity contribution in [2.24, 2.45) is 5.84 Å². The SMILES string of the molecule is CCCC(OC)C(Cc1ccccc1)NN. The number of benzene rings is 1. The largest absolute Gasteiger partial charge is 0.380 e. The highest BCUT2D eigenvalue weighted by atomic mass is 16.5. The van der Waals surface area contributed by atoms with E-state index in [0.29, 0.717) is 0 Å². The van der Waals surface area contributed by atoms with Crippen LogP contribution < -0.4 is 11.3 Å². The number of methoxy groups -OCH3 is 1. The molecule has 16 heavy (non-hydrogen) atoms. The van der Waals surface area contributed by atoms with Gasteiger partial charge in [-0.1, -0.05) is 43.7 Å². The summed E-state index contributed by atoms with van der Waals surface area (Å²) in [6, 6.07) is 10.5. The van der Waals surface area contributed by atoms with Gasteiger partial charge in [0.05, 0.1) is 12.1 Å². The maximum Gasteiger partial charge on any atom is 0.0740 e. The van der Waals surface area contributed by atoms with E-state index >= 15 is 0 Å². The Hall–Kier alpha value is -0.900. The Morgan fingerprint density at radius 2 is 2.00 bits per heavy atom. The van der Waals surface area contributed by atoms with Crippen LogP contribution in [0.2, 0.25) is 0 Å². The van der Waals surface area contributed by atoms with Crippen LogP contribution in [0.4, 0.5) is 0 Å². The number of hydrazine groups is 1. The van der Waals surface area contributed by atoms with Crippen LogP contribution in [-0.2, 0) is 11.2 Å². The third-order valence-electron chi connectivity index (χ3n) is 2.84. The van der Waals surface area contributed by atoms with Crippen LogP contribution in [0.3, 0.4) is 0 Å². The van der Waals surface area contributed by atoms with Crippen LogP contribution in [0.5, 0.6) is 0 Å². The van der Waals surface area contributed by atoms with Crippen LogP contribution in [0.15, 0.2) is 30.3 Å². The second-order valence-electron chi connectivity index (χ2n) is 4.03. The highest BCUT2D eigenvalue weighted by Crippen LogP contribution is 2.11. The summed E-state index contributed by atoms with van der Waals surface area (Å²) < 4.78 is 5.47. The monoisotopic (exact) mass is 222 g/mol. The zero-order valence-electron chi connectivity index (χ0n) is 10.1. The number of ether oxygens (including phenoxy) is 1.